The van der Waals surface area contributed by atoms with Crippen molar-refractivity contribution in [3.63, 3.8) is 0 Å². The van der Waals surface area contributed by atoms with Crippen LogP contribution in [0, 0.1) is 5.41 Å². The first-order chi connectivity index (χ1) is 8.16. The minimum absolute atomic E-state index is 0. The third-order valence-electron chi connectivity index (χ3n) is 3.26. The van der Waals surface area contributed by atoms with Crippen molar-refractivity contribution in [2.75, 3.05) is 13.1 Å². The molecule has 0 unspecified atom stereocenters. The smallest absolute Gasteiger partial charge is 0.137 e. The first-order valence-electron chi connectivity index (χ1n) is 6.01. The second-order valence-corrected chi connectivity index (χ2v) is 5.36. The summed E-state index contributed by atoms with van der Waals surface area (Å²) in [6, 6.07) is 4.11. The lowest BCUT2D eigenvalue weighted by Crippen LogP contribution is -2.33. The first-order valence-corrected chi connectivity index (χ1v) is 6.01. The third kappa shape index (κ3) is 2.28. The number of pyridine rings is 1. The summed E-state index contributed by atoms with van der Waals surface area (Å²) in [6.07, 6.45) is 6.26. The van der Waals surface area contributed by atoms with Crippen LogP contribution in [0.25, 0.3) is 16.6 Å². The number of nitrogens with one attached hydrogen (secondary N) is 2. The van der Waals surface area contributed by atoms with E-state index in [1.54, 1.807) is 0 Å². The molecule has 0 radical (unpaired) electrons. The van der Waals surface area contributed by atoms with Gasteiger partial charge in [0.05, 0.1) is 0 Å². The molecule has 2 aromatic rings. The average molecular weight is 264 g/mol. The van der Waals surface area contributed by atoms with Crippen molar-refractivity contribution < 1.29 is 0 Å². The molecule has 3 rings (SSSR count). The highest BCUT2D eigenvalue weighted by atomic mass is 35.5. The van der Waals surface area contributed by atoms with E-state index in [1.807, 2.05) is 12.3 Å². The van der Waals surface area contributed by atoms with Crippen molar-refractivity contribution >= 4 is 29.0 Å². The zero-order chi connectivity index (χ0) is 11.9. The summed E-state index contributed by atoms with van der Waals surface area (Å²) < 4.78 is 0. The van der Waals surface area contributed by atoms with E-state index in [2.05, 4.69) is 47.5 Å². The Morgan fingerprint density at radius 1 is 1.33 bits per heavy atom. The molecule has 0 saturated carbocycles. The van der Waals surface area contributed by atoms with Crippen LogP contribution in [0.4, 0.5) is 0 Å². The maximum atomic E-state index is 4.33. The second-order valence-electron chi connectivity index (χ2n) is 5.36. The molecule has 4 heteroatoms. The van der Waals surface area contributed by atoms with Gasteiger partial charge in [-0.05, 0) is 23.1 Å². The largest absolute Gasteiger partial charge is 0.346 e. The van der Waals surface area contributed by atoms with Crippen LogP contribution < -0.4 is 5.32 Å². The van der Waals surface area contributed by atoms with Gasteiger partial charge in [-0.2, -0.15) is 0 Å². The lowest BCUT2D eigenvalue weighted by Gasteiger charge is -2.28. The van der Waals surface area contributed by atoms with Gasteiger partial charge in [-0.15, -0.1) is 12.4 Å². The van der Waals surface area contributed by atoms with E-state index in [-0.39, 0.29) is 17.8 Å². The Labute approximate surface area is 113 Å². The van der Waals surface area contributed by atoms with Crippen molar-refractivity contribution in [3.05, 3.63) is 36.2 Å². The quantitative estimate of drug-likeness (QED) is 0.830. The van der Waals surface area contributed by atoms with E-state index >= 15 is 0 Å². The monoisotopic (exact) mass is 263 g/mol. The number of rotatable bonds is 1. The molecule has 0 aromatic carbocycles. The molecule has 18 heavy (non-hydrogen) atoms. The zero-order valence-electron chi connectivity index (χ0n) is 10.7. The topological polar surface area (TPSA) is 40.7 Å². The Bertz CT molecular complexity index is 583. The molecule has 1 aliphatic heterocycles. The van der Waals surface area contributed by atoms with Crippen LogP contribution >= 0.6 is 12.4 Å². The Kier molecular flexibility index (Phi) is 3.46. The standard InChI is InChI=1S/C14H17N3.ClH/c1-14(2)6-10(7-15-9-14)12-8-17-13-11(12)4-3-5-16-13;/h3-6,8,15H,7,9H2,1-2H3,(H,16,17);1H. The second kappa shape index (κ2) is 4.75. The van der Waals surface area contributed by atoms with Crippen molar-refractivity contribution in [3.8, 4) is 0 Å². The van der Waals surface area contributed by atoms with E-state index < -0.39 is 0 Å². The van der Waals surface area contributed by atoms with Gasteiger partial charge in [0.2, 0.25) is 0 Å². The highest BCUT2D eigenvalue weighted by Crippen LogP contribution is 2.30. The van der Waals surface area contributed by atoms with Gasteiger partial charge in [-0.1, -0.05) is 19.9 Å². The van der Waals surface area contributed by atoms with Gasteiger partial charge in [0, 0.05) is 36.4 Å². The number of H-pyrrole nitrogens is 1. The van der Waals surface area contributed by atoms with E-state index in [1.165, 1.54) is 16.5 Å². The summed E-state index contributed by atoms with van der Waals surface area (Å²) in [7, 11) is 0. The highest BCUT2D eigenvalue weighted by molar-refractivity contribution is 5.91. The van der Waals surface area contributed by atoms with Gasteiger partial charge in [0.1, 0.15) is 5.65 Å². The van der Waals surface area contributed by atoms with Crippen LogP contribution in [0.15, 0.2) is 30.6 Å². The van der Waals surface area contributed by atoms with Crippen LogP contribution in [-0.4, -0.2) is 23.1 Å². The molecule has 3 heterocycles. The minimum atomic E-state index is 0. The Hall–Kier alpha value is -1.32. The summed E-state index contributed by atoms with van der Waals surface area (Å²) >= 11 is 0. The molecule has 2 N–H and O–H groups in total. The van der Waals surface area contributed by atoms with Gasteiger partial charge in [0.25, 0.3) is 0 Å². The number of aromatic amines is 1. The van der Waals surface area contributed by atoms with E-state index in [4.69, 9.17) is 0 Å². The summed E-state index contributed by atoms with van der Waals surface area (Å²) in [4.78, 5) is 7.56. The predicted molar refractivity (Wildman–Crippen MR) is 78.0 cm³/mol. The first kappa shape index (κ1) is 13.1. The molecule has 0 fully saturated rings. The average Bonchev–Trinajstić information content (AvgIpc) is 2.71. The molecule has 3 nitrogen and oxygen atoms in total. The molecule has 1 aliphatic rings. The maximum Gasteiger partial charge on any atom is 0.137 e. The molecule has 0 saturated heterocycles. The lowest BCUT2D eigenvalue weighted by atomic mass is 9.86. The van der Waals surface area contributed by atoms with Crippen molar-refractivity contribution in [2.24, 2.45) is 5.41 Å². The van der Waals surface area contributed by atoms with Crippen LogP contribution in [-0.2, 0) is 0 Å². The maximum absolute atomic E-state index is 4.33. The molecular formula is C14H18ClN3. The lowest BCUT2D eigenvalue weighted by molar-refractivity contribution is 0.432. The van der Waals surface area contributed by atoms with Crippen LogP contribution in [0.5, 0.6) is 0 Å². The summed E-state index contributed by atoms with van der Waals surface area (Å²) in [5, 5.41) is 4.68. The predicted octanol–water partition coefficient (Wildman–Crippen LogP) is 3.00. The summed E-state index contributed by atoms with van der Waals surface area (Å²) in [5.74, 6) is 0. The zero-order valence-corrected chi connectivity index (χ0v) is 11.5. The fraction of sp³-hybridized carbons (Fsp3) is 0.357. The molecule has 0 spiro atoms. The van der Waals surface area contributed by atoms with Gasteiger partial charge in [-0.25, -0.2) is 4.98 Å². The van der Waals surface area contributed by atoms with Gasteiger partial charge in [0.15, 0.2) is 0 Å². The van der Waals surface area contributed by atoms with Gasteiger partial charge < -0.3 is 10.3 Å². The third-order valence-corrected chi connectivity index (χ3v) is 3.26. The van der Waals surface area contributed by atoms with Gasteiger partial charge >= 0.3 is 0 Å². The fourth-order valence-electron chi connectivity index (χ4n) is 2.49. The Morgan fingerprint density at radius 2 is 2.17 bits per heavy atom. The molecular weight excluding hydrogens is 246 g/mol. The van der Waals surface area contributed by atoms with Crippen LogP contribution in [0.2, 0.25) is 0 Å². The van der Waals surface area contributed by atoms with Crippen LogP contribution in [0.1, 0.15) is 19.4 Å². The Morgan fingerprint density at radius 3 is 2.94 bits per heavy atom. The van der Waals surface area contributed by atoms with E-state index in [0.717, 1.165) is 18.7 Å². The number of aromatic nitrogens is 2. The number of halogens is 1. The minimum Gasteiger partial charge on any atom is -0.346 e. The SMILES string of the molecule is CC1(C)C=C(c2c[nH]c3ncccc23)CNC1.Cl. The van der Waals surface area contributed by atoms with Crippen molar-refractivity contribution in [1.82, 2.24) is 15.3 Å². The molecule has 0 atom stereocenters. The number of hydrogen-bond donors (Lipinski definition) is 2. The summed E-state index contributed by atoms with van der Waals surface area (Å²) in [5.41, 5.74) is 3.82. The van der Waals surface area contributed by atoms with Crippen molar-refractivity contribution in [1.29, 1.82) is 0 Å². The van der Waals surface area contributed by atoms with E-state index in [0.29, 0.717) is 0 Å². The van der Waals surface area contributed by atoms with E-state index in [9.17, 15) is 0 Å². The number of fused-ring (bicyclic) bond motifs is 1. The fourth-order valence-corrected chi connectivity index (χ4v) is 2.49. The molecule has 2 aromatic heterocycles. The van der Waals surface area contributed by atoms with Gasteiger partial charge in [-0.3, -0.25) is 0 Å². The number of hydrogen-bond acceptors (Lipinski definition) is 2. The molecule has 0 aliphatic carbocycles. The summed E-state index contributed by atoms with van der Waals surface area (Å²) in [6.45, 7) is 6.49. The highest BCUT2D eigenvalue weighted by Gasteiger charge is 2.21. The van der Waals surface area contributed by atoms with Crippen LogP contribution in [0.3, 0.4) is 0 Å². The van der Waals surface area contributed by atoms with Crippen molar-refractivity contribution in [2.45, 2.75) is 13.8 Å². The Balaban J connectivity index is 0.00000120. The molecule has 0 amide bonds. The normalized spacial score (nSPS) is 18.2. The molecule has 96 valence electrons. The number of nitrogens with zero attached hydrogens (tertiary/aromatic N) is 1. The molecule has 0 bridgehead atoms.